The second-order valence-corrected chi connectivity index (χ2v) is 6.52. The van der Waals surface area contributed by atoms with Crippen molar-refractivity contribution in [2.24, 2.45) is 22.7 Å². The van der Waals surface area contributed by atoms with Crippen LogP contribution in [0.25, 0.3) is 0 Å². The minimum Gasteiger partial charge on any atom is -0.0880 e. The van der Waals surface area contributed by atoms with E-state index < -0.39 is 0 Å². The second kappa shape index (κ2) is 5.59. The van der Waals surface area contributed by atoms with Gasteiger partial charge in [-0.15, -0.1) is 0 Å². The van der Waals surface area contributed by atoms with Crippen molar-refractivity contribution in [1.29, 1.82) is 0 Å². The van der Waals surface area contributed by atoms with Gasteiger partial charge in [0.05, 0.1) is 0 Å². The first-order valence-electron chi connectivity index (χ1n) is 7.62. The number of unbranched alkanes of at least 4 members (excludes halogenated alkanes) is 2. The third-order valence-corrected chi connectivity index (χ3v) is 5.81. The van der Waals surface area contributed by atoms with E-state index in [1.807, 2.05) is 0 Å². The molecule has 4 atom stereocenters. The fourth-order valence-electron chi connectivity index (χ4n) is 3.71. The topological polar surface area (TPSA) is 0 Å². The maximum Gasteiger partial charge on any atom is -0.00562 e. The van der Waals surface area contributed by atoms with Crippen molar-refractivity contribution < 1.29 is 0 Å². The average Bonchev–Trinajstić information content (AvgIpc) is 2.74. The van der Waals surface area contributed by atoms with Crippen molar-refractivity contribution in [3.05, 3.63) is 12.2 Å². The molecule has 0 nitrogen and oxygen atoms in total. The fraction of sp³-hybridized carbons (Fsp3) is 0.882. The van der Waals surface area contributed by atoms with Crippen LogP contribution in [0.4, 0.5) is 0 Å². The molecule has 0 aliphatic heterocycles. The van der Waals surface area contributed by atoms with E-state index in [1.54, 1.807) is 0 Å². The SMILES string of the molecule is CCCC=CC1(C)C(C)C1(C)C(C)CCCC. The molecule has 1 fully saturated rings. The first-order valence-corrected chi connectivity index (χ1v) is 7.62. The molecule has 0 aromatic heterocycles. The van der Waals surface area contributed by atoms with E-state index in [4.69, 9.17) is 0 Å². The molecule has 100 valence electrons. The van der Waals surface area contributed by atoms with Crippen molar-refractivity contribution in [3.63, 3.8) is 0 Å². The molecule has 1 rings (SSSR count). The molecule has 17 heavy (non-hydrogen) atoms. The average molecular weight is 236 g/mol. The van der Waals surface area contributed by atoms with Crippen LogP contribution in [-0.2, 0) is 0 Å². The molecule has 0 aromatic rings. The largest absolute Gasteiger partial charge is 0.0880 e. The van der Waals surface area contributed by atoms with Crippen molar-refractivity contribution in [2.45, 2.75) is 73.6 Å². The lowest BCUT2D eigenvalue weighted by Gasteiger charge is -2.24. The predicted octanol–water partition coefficient (Wildman–Crippen LogP) is 5.83. The van der Waals surface area contributed by atoms with E-state index >= 15 is 0 Å². The van der Waals surface area contributed by atoms with Crippen molar-refractivity contribution in [1.82, 2.24) is 0 Å². The summed E-state index contributed by atoms with van der Waals surface area (Å²) in [6.07, 6.45) is 11.5. The summed E-state index contributed by atoms with van der Waals surface area (Å²) in [6, 6.07) is 0. The Kier molecular flexibility index (Phi) is 4.86. The highest BCUT2D eigenvalue weighted by Gasteiger charge is 2.68. The third-order valence-electron chi connectivity index (χ3n) is 5.81. The molecule has 4 unspecified atom stereocenters. The Morgan fingerprint density at radius 2 is 1.82 bits per heavy atom. The van der Waals surface area contributed by atoms with E-state index in [2.05, 4.69) is 53.7 Å². The Hall–Kier alpha value is -0.260. The summed E-state index contributed by atoms with van der Waals surface area (Å²) in [5, 5.41) is 0. The Morgan fingerprint density at radius 3 is 2.35 bits per heavy atom. The second-order valence-electron chi connectivity index (χ2n) is 6.52. The standard InChI is InChI=1S/C17H32/c1-7-9-11-13-16(5)15(4)17(16,6)14(3)12-10-8-2/h11,13-15H,7-10,12H2,1-6H3. The van der Waals surface area contributed by atoms with Gasteiger partial charge in [-0.3, -0.25) is 0 Å². The molecule has 0 amide bonds. The summed E-state index contributed by atoms with van der Waals surface area (Å²) < 4.78 is 0. The van der Waals surface area contributed by atoms with Crippen molar-refractivity contribution in [2.75, 3.05) is 0 Å². The van der Waals surface area contributed by atoms with Crippen LogP contribution in [-0.4, -0.2) is 0 Å². The smallest absolute Gasteiger partial charge is 0.00562 e. The summed E-state index contributed by atoms with van der Waals surface area (Å²) in [5.74, 6) is 1.70. The van der Waals surface area contributed by atoms with Gasteiger partial charge in [-0.05, 0) is 29.1 Å². The molecule has 1 aliphatic carbocycles. The van der Waals surface area contributed by atoms with Crippen LogP contribution >= 0.6 is 0 Å². The lowest BCUT2D eigenvalue weighted by molar-refractivity contribution is 0.274. The van der Waals surface area contributed by atoms with E-state index in [-0.39, 0.29) is 0 Å². The molecular weight excluding hydrogens is 204 g/mol. The molecule has 0 heterocycles. The molecule has 0 N–H and O–H groups in total. The zero-order chi connectivity index (χ0) is 13.1. The summed E-state index contributed by atoms with van der Waals surface area (Å²) >= 11 is 0. The fourth-order valence-corrected chi connectivity index (χ4v) is 3.71. The van der Waals surface area contributed by atoms with Crippen molar-refractivity contribution >= 4 is 0 Å². The molecule has 0 bridgehead atoms. The van der Waals surface area contributed by atoms with Gasteiger partial charge in [0, 0.05) is 0 Å². The molecule has 0 radical (unpaired) electrons. The highest BCUT2D eigenvalue weighted by Crippen LogP contribution is 2.73. The number of hydrogen-bond acceptors (Lipinski definition) is 0. The molecule has 0 spiro atoms. The Labute approximate surface area is 109 Å². The lowest BCUT2D eigenvalue weighted by Crippen LogP contribution is -2.16. The van der Waals surface area contributed by atoms with Crippen molar-refractivity contribution in [3.8, 4) is 0 Å². The van der Waals surface area contributed by atoms with Gasteiger partial charge in [0.25, 0.3) is 0 Å². The molecule has 0 aromatic carbocycles. The van der Waals surface area contributed by atoms with Crippen LogP contribution in [0, 0.1) is 22.7 Å². The molecule has 0 heteroatoms. The van der Waals surface area contributed by atoms with Gasteiger partial charge in [-0.2, -0.15) is 0 Å². The minimum absolute atomic E-state index is 0.454. The first-order chi connectivity index (χ1) is 7.95. The van der Waals surface area contributed by atoms with Crippen LogP contribution in [0.3, 0.4) is 0 Å². The van der Waals surface area contributed by atoms with Crippen LogP contribution in [0.1, 0.15) is 73.6 Å². The zero-order valence-corrected chi connectivity index (χ0v) is 12.8. The monoisotopic (exact) mass is 236 g/mol. The Bertz CT molecular complexity index is 265. The number of rotatable bonds is 7. The summed E-state index contributed by atoms with van der Waals surface area (Å²) in [4.78, 5) is 0. The summed E-state index contributed by atoms with van der Waals surface area (Å²) in [6.45, 7) is 14.4. The van der Waals surface area contributed by atoms with Gasteiger partial charge in [0.15, 0.2) is 0 Å². The van der Waals surface area contributed by atoms with Crippen LogP contribution in [0.2, 0.25) is 0 Å². The quantitative estimate of drug-likeness (QED) is 0.488. The minimum atomic E-state index is 0.454. The van der Waals surface area contributed by atoms with Gasteiger partial charge in [0.2, 0.25) is 0 Å². The van der Waals surface area contributed by atoms with Crippen LogP contribution < -0.4 is 0 Å². The van der Waals surface area contributed by atoms with E-state index in [9.17, 15) is 0 Å². The van der Waals surface area contributed by atoms with Gasteiger partial charge >= 0.3 is 0 Å². The lowest BCUT2D eigenvalue weighted by atomic mass is 9.81. The zero-order valence-electron chi connectivity index (χ0n) is 12.8. The molecule has 0 saturated heterocycles. The van der Waals surface area contributed by atoms with Gasteiger partial charge < -0.3 is 0 Å². The predicted molar refractivity (Wildman–Crippen MR) is 78.1 cm³/mol. The number of allylic oxidation sites excluding steroid dienone is 2. The van der Waals surface area contributed by atoms with E-state index in [0.29, 0.717) is 10.8 Å². The number of hydrogen-bond donors (Lipinski definition) is 0. The summed E-state index contributed by atoms with van der Waals surface area (Å²) in [5.41, 5.74) is 0.988. The maximum atomic E-state index is 2.52. The van der Waals surface area contributed by atoms with Gasteiger partial charge in [-0.1, -0.05) is 79.4 Å². The van der Waals surface area contributed by atoms with E-state index in [0.717, 1.165) is 11.8 Å². The van der Waals surface area contributed by atoms with Crippen LogP contribution in [0.15, 0.2) is 12.2 Å². The van der Waals surface area contributed by atoms with E-state index in [1.165, 1.54) is 32.1 Å². The highest BCUT2D eigenvalue weighted by atomic mass is 14.7. The molecule has 1 aliphatic rings. The summed E-state index contributed by atoms with van der Waals surface area (Å²) in [7, 11) is 0. The van der Waals surface area contributed by atoms with Gasteiger partial charge in [-0.25, -0.2) is 0 Å². The van der Waals surface area contributed by atoms with Gasteiger partial charge in [0.1, 0.15) is 0 Å². The molecular formula is C17H32. The van der Waals surface area contributed by atoms with Crippen LogP contribution in [0.5, 0.6) is 0 Å². The normalized spacial score (nSPS) is 38.6. The Morgan fingerprint density at radius 1 is 1.18 bits per heavy atom. The maximum absolute atomic E-state index is 2.52. The third kappa shape index (κ3) is 2.46. The Balaban J connectivity index is 2.65. The molecule has 1 saturated carbocycles. The first kappa shape index (κ1) is 14.8. The highest BCUT2D eigenvalue weighted by molar-refractivity contribution is 5.25.